The van der Waals surface area contributed by atoms with Crippen molar-refractivity contribution in [2.24, 2.45) is 0 Å². The van der Waals surface area contributed by atoms with E-state index in [1.807, 2.05) is 12.1 Å². The lowest BCUT2D eigenvalue weighted by Gasteiger charge is -2.12. The normalized spacial score (nSPS) is 12.3. The molecule has 0 bridgehead atoms. The minimum absolute atomic E-state index is 0.262. The Balaban J connectivity index is 2.18. The van der Waals surface area contributed by atoms with Crippen molar-refractivity contribution in [1.82, 2.24) is 10.3 Å². The number of aromatic nitrogens is 1. The lowest BCUT2D eigenvalue weighted by atomic mass is 10.2. The van der Waals surface area contributed by atoms with Crippen molar-refractivity contribution in [3.05, 3.63) is 24.0 Å². The molecule has 114 valence electrons. The molecule has 1 aromatic heterocycles. The van der Waals surface area contributed by atoms with Crippen molar-refractivity contribution in [2.75, 3.05) is 40.1 Å². The summed E-state index contributed by atoms with van der Waals surface area (Å²) in [4.78, 5) is 4.39. The first kappa shape index (κ1) is 16.9. The van der Waals surface area contributed by atoms with Gasteiger partial charge in [0.05, 0.1) is 18.5 Å². The number of hydrogen-bond donors (Lipinski definition) is 1. The third-order valence-electron chi connectivity index (χ3n) is 2.85. The first-order valence-electron chi connectivity index (χ1n) is 7.16. The quantitative estimate of drug-likeness (QED) is 0.630. The smallest absolute Gasteiger partial charge is 0.137 e. The molecule has 0 radical (unpaired) electrons. The fraction of sp³-hybridized carbons (Fsp3) is 0.667. The molecule has 0 aliphatic rings. The number of pyridine rings is 1. The van der Waals surface area contributed by atoms with Crippen LogP contribution in [0.3, 0.4) is 0 Å². The van der Waals surface area contributed by atoms with Crippen molar-refractivity contribution in [3.63, 3.8) is 0 Å². The van der Waals surface area contributed by atoms with Gasteiger partial charge in [-0.15, -0.1) is 0 Å². The highest BCUT2D eigenvalue weighted by Gasteiger charge is 2.04. The van der Waals surface area contributed by atoms with Crippen molar-refractivity contribution >= 4 is 0 Å². The van der Waals surface area contributed by atoms with Gasteiger partial charge in [-0.2, -0.15) is 0 Å². The molecular weight excluding hydrogens is 256 g/mol. The SMILES string of the molecule is CCNC(C)c1ccc(OCCOCCCOC)cn1. The maximum absolute atomic E-state index is 5.57. The van der Waals surface area contributed by atoms with Crippen molar-refractivity contribution in [3.8, 4) is 5.75 Å². The standard InChI is InChI=1S/C15H26N2O3/c1-4-16-13(2)15-7-6-14(12-17-15)20-11-10-19-9-5-8-18-3/h6-7,12-13,16H,4-5,8-11H2,1-3H3. The van der Waals surface area contributed by atoms with Gasteiger partial charge in [-0.05, 0) is 32.0 Å². The summed E-state index contributed by atoms with van der Waals surface area (Å²) < 4.78 is 15.9. The van der Waals surface area contributed by atoms with Crippen LogP contribution in [0.5, 0.6) is 5.75 Å². The van der Waals surface area contributed by atoms with Crippen LogP contribution in [-0.2, 0) is 9.47 Å². The highest BCUT2D eigenvalue weighted by molar-refractivity contribution is 5.21. The molecule has 5 heteroatoms. The Morgan fingerprint density at radius 2 is 2.05 bits per heavy atom. The fourth-order valence-corrected chi connectivity index (χ4v) is 1.77. The van der Waals surface area contributed by atoms with Crippen LogP contribution < -0.4 is 10.1 Å². The molecule has 1 heterocycles. The van der Waals surface area contributed by atoms with Gasteiger partial charge in [0.15, 0.2) is 0 Å². The van der Waals surface area contributed by atoms with Crippen LogP contribution in [0.15, 0.2) is 18.3 Å². The van der Waals surface area contributed by atoms with E-state index in [-0.39, 0.29) is 6.04 Å². The Bertz CT molecular complexity index is 343. The summed E-state index contributed by atoms with van der Waals surface area (Å²) in [6.07, 6.45) is 2.67. The summed E-state index contributed by atoms with van der Waals surface area (Å²) >= 11 is 0. The van der Waals surface area contributed by atoms with Gasteiger partial charge in [0, 0.05) is 26.4 Å². The Labute approximate surface area is 121 Å². The zero-order valence-corrected chi connectivity index (χ0v) is 12.7. The number of nitrogens with one attached hydrogen (secondary N) is 1. The van der Waals surface area contributed by atoms with Crippen molar-refractivity contribution < 1.29 is 14.2 Å². The molecule has 0 aromatic carbocycles. The van der Waals surface area contributed by atoms with Gasteiger partial charge >= 0.3 is 0 Å². The zero-order valence-electron chi connectivity index (χ0n) is 12.7. The van der Waals surface area contributed by atoms with E-state index >= 15 is 0 Å². The summed E-state index contributed by atoms with van der Waals surface area (Å²) in [6.45, 7) is 7.67. The highest BCUT2D eigenvalue weighted by Crippen LogP contribution is 2.14. The molecule has 1 atom stereocenters. The van der Waals surface area contributed by atoms with E-state index in [1.54, 1.807) is 13.3 Å². The topological polar surface area (TPSA) is 52.6 Å². The Kier molecular flexibility index (Phi) is 8.95. The Morgan fingerprint density at radius 1 is 1.20 bits per heavy atom. The summed E-state index contributed by atoms with van der Waals surface area (Å²) in [5.74, 6) is 0.776. The lowest BCUT2D eigenvalue weighted by molar-refractivity contribution is 0.0805. The van der Waals surface area contributed by atoms with Gasteiger partial charge < -0.3 is 19.5 Å². The molecule has 1 unspecified atom stereocenters. The second-order valence-electron chi connectivity index (χ2n) is 4.51. The van der Waals surface area contributed by atoms with E-state index in [0.29, 0.717) is 19.8 Å². The molecule has 1 aromatic rings. The second-order valence-corrected chi connectivity index (χ2v) is 4.51. The molecule has 0 saturated carbocycles. The first-order chi connectivity index (χ1) is 9.77. The van der Waals surface area contributed by atoms with Gasteiger partial charge in [0.1, 0.15) is 12.4 Å². The Morgan fingerprint density at radius 3 is 2.70 bits per heavy atom. The third-order valence-corrected chi connectivity index (χ3v) is 2.85. The number of hydrogen-bond acceptors (Lipinski definition) is 5. The van der Waals surface area contributed by atoms with Crippen LogP contribution in [0, 0.1) is 0 Å². The molecular formula is C15H26N2O3. The van der Waals surface area contributed by atoms with Crippen LogP contribution in [0.4, 0.5) is 0 Å². The number of nitrogens with zero attached hydrogens (tertiary/aromatic N) is 1. The molecule has 1 N–H and O–H groups in total. The summed E-state index contributed by atoms with van der Waals surface area (Å²) in [6, 6.07) is 4.20. The van der Waals surface area contributed by atoms with E-state index < -0.39 is 0 Å². The molecule has 0 saturated heterocycles. The fourth-order valence-electron chi connectivity index (χ4n) is 1.77. The summed E-state index contributed by atoms with van der Waals surface area (Å²) in [5, 5.41) is 3.32. The zero-order chi connectivity index (χ0) is 14.6. The van der Waals surface area contributed by atoms with Crippen LogP contribution in [-0.4, -0.2) is 45.1 Å². The van der Waals surface area contributed by atoms with Crippen LogP contribution in [0.25, 0.3) is 0 Å². The molecule has 5 nitrogen and oxygen atoms in total. The molecule has 0 spiro atoms. The minimum Gasteiger partial charge on any atom is -0.490 e. The van der Waals surface area contributed by atoms with Gasteiger partial charge in [-0.1, -0.05) is 6.92 Å². The average Bonchev–Trinajstić information content (AvgIpc) is 2.47. The maximum atomic E-state index is 5.57. The Hall–Kier alpha value is -1.17. The number of methoxy groups -OCH3 is 1. The second kappa shape index (κ2) is 10.6. The van der Waals surface area contributed by atoms with Crippen LogP contribution >= 0.6 is 0 Å². The van der Waals surface area contributed by atoms with Crippen LogP contribution in [0.1, 0.15) is 32.0 Å². The molecule has 1 rings (SSSR count). The summed E-state index contributed by atoms with van der Waals surface area (Å²) in [7, 11) is 1.69. The highest BCUT2D eigenvalue weighted by atomic mass is 16.5. The largest absolute Gasteiger partial charge is 0.490 e. The van der Waals surface area contributed by atoms with E-state index in [2.05, 4.69) is 24.1 Å². The predicted octanol–water partition coefficient (Wildman–Crippen LogP) is 2.18. The van der Waals surface area contributed by atoms with Crippen LogP contribution in [0.2, 0.25) is 0 Å². The molecule has 0 amide bonds. The van der Waals surface area contributed by atoms with E-state index in [9.17, 15) is 0 Å². The maximum Gasteiger partial charge on any atom is 0.137 e. The van der Waals surface area contributed by atoms with Gasteiger partial charge in [-0.25, -0.2) is 0 Å². The van der Waals surface area contributed by atoms with Crippen molar-refractivity contribution in [2.45, 2.75) is 26.3 Å². The van der Waals surface area contributed by atoms with Gasteiger partial charge in [-0.3, -0.25) is 4.98 Å². The molecule has 0 aliphatic heterocycles. The molecule has 0 fully saturated rings. The van der Waals surface area contributed by atoms with Gasteiger partial charge in [0.2, 0.25) is 0 Å². The molecule has 0 aliphatic carbocycles. The average molecular weight is 282 g/mol. The molecule has 20 heavy (non-hydrogen) atoms. The minimum atomic E-state index is 0.262. The monoisotopic (exact) mass is 282 g/mol. The lowest BCUT2D eigenvalue weighted by Crippen LogP contribution is -2.18. The summed E-state index contributed by atoms with van der Waals surface area (Å²) in [5.41, 5.74) is 1.02. The number of ether oxygens (including phenoxy) is 3. The van der Waals surface area contributed by atoms with Crippen molar-refractivity contribution in [1.29, 1.82) is 0 Å². The number of rotatable bonds is 11. The van der Waals surface area contributed by atoms with E-state index in [1.165, 1.54) is 0 Å². The van der Waals surface area contributed by atoms with Gasteiger partial charge in [0.25, 0.3) is 0 Å². The predicted molar refractivity (Wildman–Crippen MR) is 79.1 cm³/mol. The third kappa shape index (κ3) is 6.84. The van der Waals surface area contributed by atoms with E-state index in [0.717, 1.165) is 31.0 Å². The van der Waals surface area contributed by atoms with E-state index in [4.69, 9.17) is 14.2 Å². The first-order valence-corrected chi connectivity index (χ1v) is 7.16.